The highest BCUT2D eigenvalue weighted by atomic mass is 32.2. The first-order chi connectivity index (χ1) is 16.6. The number of fused-ring (bicyclic) bond motifs is 1. The molecule has 2 aromatic carbocycles. The molecule has 0 saturated carbocycles. The number of aryl methyl sites for hydroxylation is 1. The number of benzene rings is 2. The third-order valence-electron chi connectivity index (χ3n) is 6.58. The quantitative estimate of drug-likeness (QED) is 0.683. The summed E-state index contributed by atoms with van der Waals surface area (Å²) in [5, 5.41) is 6.26. The average molecular weight is 477 g/mol. The van der Waals surface area contributed by atoms with E-state index < -0.39 is 5.25 Å². The summed E-state index contributed by atoms with van der Waals surface area (Å²) in [6, 6.07) is 15.1. The van der Waals surface area contributed by atoms with Gasteiger partial charge in [0, 0.05) is 30.8 Å². The zero-order valence-corrected chi connectivity index (χ0v) is 19.8. The Morgan fingerprint density at radius 1 is 1.03 bits per heavy atom. The van der Waals surface area contributed by atoms with Crippen LogP contribution in [0.25, 0.3) is 0 Å². The average Bonchev–Trinajstić information content (AvgIpc) is 3.50. The van der Waals surface area contributed by atoms with Crippen molar-refractivity contribution < 1.29 is 14.4 Å². The normalized spacial score (nSPS) is 21.7. The van der Waals surface area contributed by atoms with Crippen LogP contribution in [-0.4, -0.2) is 46.1 Å². The van der Waals surface area contributed by atoms with E-state index in [1.807, 2.05) is 12.1 Å². The molecule has 5 rings (SSSR count). The van der Waals surface area contributed by atoms with E-state index >= 15 is 0 Å². The summed E-state index contributed by atoms with van der Waals surface area (Å²) in [4.78, 5) is 43.8. The molecule has 2 heterocycles. The molecule has 176 valence electrons. The van der Waals surface area contributed by atoms with Gasteiger partial charge in [0.2, 0.25) is 5.91 Å². The summed E-state index contributed by atoms with van der Waals surface area (Å²) in [5.74, 6) is -0.600. The lowest BCUT2D eigenvalue weighted by Crippen LogP contribution is -2.31. The maximum Gasteiger partial charge on any atom is 0.262 e. The summed E-state index contributed by atoms with van der Waals surface area (Å²) in [6.45, 7) is 1.84. The molecule has 1 saturated heterocycles. The summed E-state index contributed by atoms with van der Waals surface area (Å²) >= 11 is 1.39. The van der Waals surface area contributed by atoms with Crippen LogP contribution >= 0.6 is 11.8 Å². The lowest BCUT2D eigenvalue weighted by atomic mass is 9.87. The topological polar surface area (TPSA) is 90.9 Å². The maximum absolute atomic E-state index is 12.8. The minimum absolute atomic E-state index is 0.0194. The van der Waals surface area contributed by atoms with Crippen LogP contribution in [0.2, 0.25) is 0 Å². The van der Waals surface area contributed by atoms with E-state index in [1.165, 1.54) is 22.9 Å². The smallest absolute Gasteiger partial charge is 0.262 e. The number of nitrogens with one attached hydrogen (secondary N) is 2. The van der Waals surface area contributed by atoms with Crippen LogP contribution in [0.4, 0.5) is 5.69 Å². The molecule has 0 spiro atoms. The number of aliphatic imine (C=N–C) groups is 1. The van der Waals surface area contributed by atoms with Gasteiger partial charge in [0.15, 0.2) is 5.17 Å². The first-order valence-corrected chi connectivity index (χ1v) is 12.8. The van der Waals surface area contributed by atoms with Crippen molar-refractivity contribution >= 4 is 40.3 Å². The van der Waals surface area contributed by atoms with Crippen molar-refractivity contribution in [2.24, 2.45) is 4.99 Å². The number of hydrogen-bond donors (Lipinski definition) is 2. The van der Waals surface area contributed by atoms with Crippen LogP contribution in [0.15, 0.2) is 53.5 Å². The van der Waals surface area contributed by atoms with Gasteiger partial charge >= 0.3 is 0 Å². The Morgan fingerprint density at radius 3 is 2.59 bits per heavy atom. The second kappa shape index (κ2) is 10.0. The van der Waals surface area contributed by atoms with Crippen molar-refractivity contribution in [1.29, 1.82) is 0 Å². The first-order valence-electron chi connectivity index (χ1n) is 11.9. The molecule has 0 unspecified atom stereocenters. The number of amidine groups is 1. The Balaban J connectivity index is 1.14. The van der Waals surface area contributed by atoms with Crippen LogP contribution < -0.4 is 10.6 Å². The number of carbonyl (C=O) groups excluding carboxylic acids is 3. The Kier molecular flexibility index (Phi) is 6.67. The lowest BCUT2D eigenvalue weighted by Gasteiger charge is -2.26. The van der Waals surface area contributed by atoms with E-state index in [1.54, 1.807) is 24.3 Å². The van der Waals surface area contributed by atoms with Gasteiger partial charge in [-0.05, 0) is 67.5 Å². The molecule has 3 amide bonds. The van der Waals surface area contributed by atoms with E-state index in [0.29, 0.717) is 11.3 Å². The third-order valence-corrected chi connectivity index (χ3v) is 7.80. The molecule has 1 fully saturated rings. The van der Waals surface area contributed by atoms with Crippen molar-refractivity contribution in [3.05, 3.63) is 65.2 Å². The van der Waals surface area contributed by atoms with Gasteiger partial charge in [-0.2, -0.15) is 4.99 Å². The van der Waals surface area contributed by atoms with E-state index in [9.17, 15) is 14.4 Å². The molecule has 2 N–H and O–H groups in total. The van der Waals surface area contributed by atoms with Gasteiger partial charge in [0.05, 0.1) is 6.04 Å². The fourth-order valence-corrected chi connectivity index (χ4v) is 5.90. The highest BCUT2D eigenvalue weighted by Gasteiger charge is 2.33. The Labute approximate surface area is 203 Å². The summed E-state index contributed by atoms with van der Waals surface area (Å²) in [6.07, 6.45) is 5.33. The van der Waals surface area contributed by atoms with Gasteiger partial charge in [-0.1, -0.05) is 36.0 Å². The molecular formula is C26H28N4O3S. The zero-order valence-electron chi connectivity index (χ0n) is 19.0. The molecule has 2 atom stereocenters. The number of likely N-dealkylation sites (tertiary alicyclic amines) is 1. The predicted octanol–water partition coefficient (Wildman–Crippen LogP) is 3.92. The summed E-state index contributed by atoms with van der Waals surface area (Å²) in [5.41, 5.74) is 3.64. The predicted molar refractivity (Wildman–Crippen MR) is 134 cm³/mol. The molecule has 7 nitrogen and oxygen atoms in total. The van der Waals surface area contributed by atoms with Crippen LogP contribution in [0, 0.1) is 0 Å². The number of carbonyl (C=O) groups is 3. The van der Waals surface area contributed by atoms with E-state index in [4.69, 9.17) is 0 Å². The van der Waals surface area contributed by atoms with E-state index in [-0.39, 0.29) is 30.2 Å². The highest BCUT2D eigenvalue weighted by molar-refractivity contribution is 8.15. The standard InChI is InChI=1S/C26H28N4O3S/c31-23(16-22-25(33)29-26(34-22)30-14-3-4-15-30)27-19-12-10-18(11-13-19)24(32)28-21-9-5-7-17-6-1-2-8-20(17)21/h1-2,6,8,10-13,21-22H,3-5,7,9,14-16H2,(H,27,31)(H,28,32)/t21-,22+/m1/s1. The molecule has 1 aliphatic carbocycles. The molecule has 2 aromatic rings. The highest BCUT2D eigenvalue weighted by Crippen LogP contribution is 2.30. The fourth-order valence-electron chi connectivity index (χ4n) is 4.78. The molecule has 2 aliphatic heterocycles. The molecule has 8 heteroatoms. The van der Waals surface area contributed by atoms with Crippen molar-refractivity contribution in [2.75, 3.05) is 18.4 Å². The number of thioether (sulfide) groups is 1. The van der Waals surface area contributed by atoms with Gasteiger partial charge < -0.3 is 15.5 Å². The molecule has 34 heavy (non-hydrogen) atoms. The lowest BCUT2D eigenvalue weighted by molar-refractivity contribution is -0.121. The summed E-state index contributed by atoms with van der Waals surface area (Å²) < 4.78 is 0. The molecule has 0 radical (unpaired) electrons. The van der Waals surface area contributed by atoms with Crippen LogP contribution in [0.5, 0.6) is 0 Å². The monoisotopic (exact) mass is 476 g/mol. The minimum atomic E-state index is -0.473. The van der Waals surface area contributed by atoms with Gasteiger partial charge in [-0.3, -0.25) is 14.4 Å². The van der Waals surface area contributed by atoms with Crippen molar-refractivity contribution in [3.8, 4) is 0 Å². The molecule has 0 bridgehead atoms. The zero-order chi connectivity index (χ0) is 23.5. The summed E-state index contributed by atoms with van der Waals surface area (Å²) in [7, 11) is 0. The van der Waals surface area contributed by atoms with E-state index in [2.05, 4.69) is 32.7 Å². The number of anilines is 1. The van der Waals surface area contributed by atoms with Gasteiger partial charge in [0.25, 0.3) is 11.8 Å². The fraction of sp³-hybridized carbons (Fsp3) is 0.385. The second-order valence-corrected chi connectivity index (χ2v) is 10.1. The SMILES string of the molecule is O=C(C[C@@H]1SC(N2CCCC2)=NC1=O)Nc1ccc(C(=O)N[C@@H]2CCCc3ccccc32)cc1. The Bertz CT molecular complexity index is 1130. The van der Waals surface area contributed by atoms with Crippen molar-refractivity contribution in [3.63, 3.8) is 0 Å². The van der Waals surface area contributed by atoms with Crippen molar-refractivity contribution in [2.45, 2.75) is 49.8 Å². The van der Waals surface area contributed by atoms with Crippen LogP contribution in [0.3, 0.4) is 0 Å². The minimum Gasteiger partial charge on any atom is -0.351 e. The number of rotatable bonds is 5. The third kappa shape index (κ3) is 5.01. The Hall–Kier alpha value is -3.13. The molecule has 0 aromatic heterocycles. The number of hydrogen-bond acceptors (Lipinski definition) is 5. The molecular weight excluding hydrogens is 448 g/mol. The largest absolute Gasteiger partial charge is 0.351 e. The van der Waals surface area contributed by atoms with Crippen LogP contribution in [-0.2, 0) is 16.0 Å². The molecule has 3 aliphatic rings. The first kappa shape index (κ1) is 22.7. The second-order valence-electron chi connectivity index (χ2n) is 8.98. The van der Waals surface area contributed by atoms with Crippen molar-refractivity contribution in [1.82, 2.24) is 10.2 Å². The number of amides is 3. The number of nitrogens with zero attached hydrogens (tertiary/aromatic N) is 2. The van der Waals surface area contributed by atoms with Crippen LogP contribution in [0.1, 0.15) is 59.6 Å². The van der Waals surface area contributed by atoms with Gasteiger partial charge in [-0.25, -0.2) is 0 Å². The Morgan fingerprint density at radius 2 is 1.79 bits per heavy atom. The van der Waals surface area contributed by atoms with E-state index in [0.717, 1.165) is 50.4 Å². The van der Waals surface area contributed by atoms with Gasteiger partial charge in [0.1, 0.15) is 5.25 Å². The van der Waals surface area contributed by atoms with Gasteiger partial charge in [-0.15, -0.1) is 0 Å². The maximum atomic E-state index is 12.8.